The van der Waals surface area contributed by atoms with E-state index in [1.54, 1.807) is 32.0 Å². The van der Waals surface area contributed by atoms with Gasteiger partial charge in [-0.2, -0.15) is 4.72 Å². The van der Waals surface area contributed by atoms with Crippen LogP contribution in [0.2, 0.25) is 0 Å². The molecule has 1 aliphatic rings. The van der Waals surface area contributed by atoms with Gasteiger partial charge in [0.1, 0.15) is 11.0 Å². The molecule has 0 saturated heterocycles. The summed E-state index contributed by atoms with van der Waals surface area (Å²) in [6.45, 7) is 2.70. The number of hydrogen-bond donors (Lipinski definition) is 2. The normalized spacial score (nSPS) is 13.9. The van der Waals surface area contributed by atoms with Crippen LogP contribution in [0.5, 0.6) is 0 Å². The third-order valence-corrected chi connectivity index (χ3v) is 7.83. The molecule has 0 fully saturated rings. The number of nitrogens with one attached hydrogen (secondary N) is 2. The van der Waals surface area contributed by atoms with E-state index < -0.39 is 46.4 Å². The largest absolute Gasteiger partial charge is 0.465 e. The van der Waals surface area contributed by atoms with E-state index in [4.69, 9.17) is 9.47 Å². The number of fused-ring (bicyclic) bond motifs is 1. The molecule has 1 aromatic carbocycles. The number of benzene rings is 1. The smallest absolute Gasteiger partial charge is 0.341 e. The average Bonchev–Trinajstić information content (AvgIpc) is 3.36. The fourth-order valence-corrected chi connectivity index (χ4v) is 6.14. The molecule has 0 saturated carbocycles. The molecule has 3 rings (SSSR count). The number of ether oxygens (including phenoxy) is 2. The van der Waals surface area contributed by atoms with Crippen molar-refractivity contribution in [1.82, 2.24) is 4.72 Å². The second-order valence-corrected chi connectivity index (χ2v) is 10.7. The van der Waals surface area contributed by atoms with Crippen molar-refractivity contribution < 1.29 is 32.3 Å². The highest BCUT2D eigenvalue weighted by molar-refractivity contribution is 7.89. The van der Waals surface area contributed by atoms with Crippen molar-refractivity contribution in [2.24, 2.45) is 5.92 Å². The minimum atomic E-state index is -3.95. The van der Waals surface area contributed by atoms with Gasteiger partial charge in [0.05, 0.1) is 17.6 Å². The minimum Gasteiger partial charge on any atom is -0.465 e. The lowest BCUT2D eigenvalue weighted by molar-refractivity contribution is -0.150. The summed E-state index contributed by atoms with van der Waals surface area (Å²) in [4.78, 5) is 38.3. The number of rotatable bonds is 9. The van der Waals surface area contributed by atoms with Gasteiger partial charge in [-0.3, -0.25) is 9.59 Å². The summed E-state index contributed by atoms with van der Waals surface area (Å²) in [5.41, 5.74) is 1.22. The first-order valence-electron chi connectivity index (χ1n) is 10.4. The molecule has 1 aliphatic carbocycles. The van der Waals surface area contributed by atoms with Crippen molar-refractivity contribution in [3.63, 3.8) is 0 Å². The van der Waals surface area contributed by atoms with Gasteiger partial charge in [-0.25, -0.2) is 13.2 Å². The Morgan fingerprint density at radius 2 is 1.82 bits per heavy atom. The number of carbonyl (C=O) groups excluding carboxylic acids is 3. The number of esters is 2. The number of thiophene rings is 1. The first-order valence-corrected chi connectivity index (χ1v) is 12.7. The van der Waals surface area contributed by atoms with E-state index in [1.165, 1.54) is 30.6 Å². The summed E-state index contributed by atoms with van der Waals surface area (Å²) in [6.07, 6.45) is 2.50. The van der Waals surface area contributed by atoms with Crippen LogP contribution in [0.1, 0.15) is 41.1 Å². The maximum atomic E-state index is 12.6. The molecule has 2 N–H and O–H groups in total. The Morgan fingerprint density at radius 3 is 2.45 bits per heavy atom. The maximum absolute atomic E-state index is 12.6. The molecular formula is C22H26N2O7S2. The molecule has 1 aromatic heterocycles. The molecule has 178 valence electrons. The van der Waals surface area contributed by atoms with Crippen LogP contribution in [-0.2, 0) is 41.9 Å². The summed E-state index contributed by atoms with van der Waals surface area (Å²) in [7, 11) is -2.68. The molecule has 0 bridgehead atoms. The van der Waals surface area contributed by atoms with Gasteiger partial charge >= 0.3 is 11.9 Å². The number of sulfonamides is 1. The Morgan fingerprint density at radius 1 is 1.12 bits per heavy atom. The molecule has 0 spiro atoms. The molecule has 1 heterocycles. The van der Waals surface area contributed by atoms with E-state index in [-0.39, 0.29) is 4.90 Å². The lowest BCUT2D eigenvalue weighted by Crippen LogP contribution is -2.45. The third-order valence-electron chi connectivity index (χ3n) is 5.17. The van der Waals surface area contributed by atoms with E-state index in [9.17, 15) is 22.8 Å². The molecule has 0 unspecified atom stereocenters. The SMILES string of the molecule is COC(=O)c1c(NC(=O)COC(=O)[C@H](NS(=O)(=O)c2ccccc2)C(C)C)sc2c1CCC2. The van der Waals surface area contributed by atoms with Crippen molar-refractivity contribution in [3.05, 3.63) is 46.3 Å². The topological polar surface area (TPSA) is 128 Å². The van der Waals surface area contributed by atoms with Crippen molar-refractivity contribution in [2.75, 3.05) is 19.0 Å². The van der Waals surface area contributed by atoms with Gasteiger partial charge in [0, 0.05) is 4.88 Å². The monoisotopic (exact) mass is 494 g/mol. The number of methoxy groups -OCH3 is 1. The number of aryl methyl sites for hydroxylation is 1. The fraction of sp³-hybridized carbons (Fsp3) is 0.409. The van der Waals surface area contributed by atoms with Crippen LogP contribution in [0.4, 0.5) is 5.00 Å². The quantitative estimate of drug-likeness (QED) is 0.513. The van der Waals surface area contributed by atoms with E-state index in [1.807, 2.05) is 0 Å². The molecule has 11 heteroatoms. The maximum Gasteiger partial charge on any atom is 0.341 e. The zero-order valence-corrected chi connectivity index (χ0v) is 20.2. The van der Waals surface area contributed by atoms with Gasteiger partial charge < -0.3 is 14.8 Å². The Balaban J connectivity index is 1.65. The molecule has 33 heavy (non-hydrogen) atoms. The fourth-order valence-electron chi connectivity index (χ4n) is 3.49. The second-order valence-electron chi connectivity index (χ2n) is 7.86. The first kappa shape index (κ1) is 24.9. The van der Waals surface area contributed by atoms with Crippen LogP contribution in [0, 0.1) is 5.92 Å². The minimum absolute atomic E-state index is 0.0160. The lowest BCUT2D eigenvalue weighted by atomic mass is 10.1. The Labute approximate surface area is 196 Å². The summed E-state index contributed by atoms with van der Waals surface area (Å²) in [5, 5.41) is 2.97. The summed E-state index contributed by atoms with van der Waals surface area (Å²) < 4.78 is 37.5. The predicted molar refractivity (Wildman–Crippen MR) is 123 cm³/mol. The summed E-state index contributed by atoms with van der Waals surface area (Å²) >= 11 is 1.31. The van der Waals surface area contributed by atoms with Gasteiger partial charge in [0.15, 0.2) is 6.61 Å². The zero-order chi connectivity index (χ0) is 24.2. The molecule has 1 atom stereocenters. The average molecular weight is 495 g/mol. The molecule has 9 nitrogen and oxygen atoms in total. The Hall–Kier alpha value is -2.76. The van der Waals surface area contributed by atoms with Crippen molar-refractivity contribution in [2.45, 2.75) is 44.0 Å². The number of amides is 1. The Kier molecular flexibility index (Phi) is 7.88. The summed E-state index contributed by atoms with van der Waals surface area (Å²) in [5.74, 6) is -2.47. The molecule has 2 aromatic rings. The highest BCUT2D eigenvalue weighted by atomic mass is 32.2. The van der Waals surface area contributed by atoms with E-state index in [2.05, 4.69) is 10.0 Å². The van der Waals surface area contributed by atoms with Gasteiger partial charge in [0.2, 0.25) is 10.0 Å². The molecule has 0 aliphatic heterocycles. The van der Waals surface area contributed by atoms with Crippen molar-refractivity contribution >= 4 is 44.2 Å². The predicted octanol–water partition coefficient (Wildman–Crippen LogP) is 2.51. The van der Waals surface area contributed by atoms with Crippen LogP contribution in [0.25, 0.3) is 0 Å². The van der Waals surface area contributed by atoms with Crippen LogP contribution < -0.4 is 10.0 Å². The third kappa shape index (κ3) is 5.79. The zero-order valence-electron chi connectivity index (χ0n) is 18.5. The van der Waals surface area contributed by atoms with E-state index in [0.29, 0.717) is 10.6 Å². The van der Waals surface area contributed by atoms with Gasteiger partial charge in [-0.15, -0.1) is 11.3 Å². The standard InChI is InChI=1S/C22H26N2O7S2/c1-13(2)19(24-33(28,29)14-8-5-4-6-9-14)22(27)31-12-17(25)23-20-18(21(26)30-3)15-10-7-11-16(15)32-20/h4-6,8-9,13,19,24H,7,10-12H2,1-3H3,(H,23,25)/t19-/m1/s1. The number of carbonyl (C=O) groups is 3. The van der Waals surface area contributed by atoms with Gasteiger partial charge in [0.25, 0.3) is 5.91 Å². The van der Waals surface area contributed by atoms with Gasteiger partial charge in [-0.1, -0.05) is 32.0 Å². The van der Waals surface area contributed by atoms with E-state index >= 15 is 0 Å². The van der Waals surface area contributed by atoms with Crippen molar-refractivity contribution in [3.8, 4) is 0 Å². The van der Waals surface area contributed by atoms with Gasteiger partial charge in [-0.05, 0) is 42.9 Å². The number of hydrogen-bond acceptors (Lipinski definition) is 8. The molecular weight excluding hydrogens is 468 g/mol. The number of anilines is 1. The van der Waals surface area contributed by atoms with Crippen LogP contribution in [-0.4, -0.2) is 46.0 Å². The highest BCUT2D eigenvalue weighted by Crippen LogP contribution is 2.39. The molecule has 0 radical (unpaired) electrons. The second kappa shape index (κ2) is 10.4. The summed E-state index contributed by atoms with van der Waals surface area (Å²) in [6, 6.07) is 6.47. The van der Waals surface area contributed by atoms with Crippen LogP contribution in [0.3, 0.4) is 0 Å². The van der Waals surface area contributed by atoms with Crippen molar-refractivity contribution in [1.29, 1.82) is 0 Å². The lowest BCUT2D eigenvalue weighted by Gasteiger charge is -2.20. The van der Waals surface area contributed by atoms with Crippen LogP contribution in [0.15, 0.2) is 35.2 Å². The van der Waals surface area contributed by atoms with Crippen LogP contribution >= 0.6 is 11.3 Å². The Bertz CT molecular complexity index is 1140. The highest BCUT2D eigenvalue weighted by Gasteiger charge is 2.31. The van der Waals surface area contributed by atoms with E-state index in [0.717, 1.165) is 29.7 Å². The first-order chi connectivity index (χ1) is 15.6. The molecule has 1 amide bonds.